The fraction of sp³-hybridized carbons (Fsp3) is 0.273. The van der Waals surface area contributed by atoms with E-state index in [4.69, 9.17) is 11.6 Å². The van der Waals surface area contributed by atoms with Gasteiger partial charge in [0.2, 0.25) is 0 Å². The summed E-state index contributed by atoms with van der Waals surface area (Å²) in [6.07, 6.45) is 0.872. The molecular formula is C11H10BrCl. The van der Waals surface area contributed by atoms with E-state index in [9.17, 15) is 0 Å². The van der Waals surface area contributed by atoms with Crippen LogP contribution in [0.4, 0.5) is 0 Å². The van der Waals surface area contributed by atoms with Crippen LogP contribution in [0.1, 0.15) is 17.5 Å². The van der Waals surface area contributed by atoms with Gasteiger partial charge in [-0.1, -0.05) is 46.0 Å². The highest BCUT2D eigenvalue weighted by molar-refractivity contribution is 9.09. The van der Waals surface area contributed by atoms with Crippen molar-refractivity contribution in [2.24, 2.45) is 0 Å². The molecule has 0 aliphatic carbocycles. The zero-order valence-corrected chi connectivity index (χ0v) is 9.53. The second-order valence-corrected chi connectivity index (χ2v) is 3.59. The lowest BCUT2D eigenvalue weighted by Crippen LogP contribution is -1.84. The van der Waals surface area contributed by atoms with Crippen LogP contribution < -0.4 is 0 Å². The number of hydrogen-bond donors (Lipinski definition) is 0. The number of rotatable bonds is 2. The molecule has 0 bridgehead atoms. The molecule has 1 aromatic carbocycles. The molecule has 0 spiro atoms. The molecule has 13 heavy (non-hydrogen) atoms. The van der Waals surface area contributed by atoms with Crippen molar-refractivity contribution in [3.63, 3.8) is 0 Å². The van der Waals surface area contributed by atoms with E-state index in [2.05, 4.69) is 27.8 Å². The molecule has 68 valence electrons. The minimum atomic E-state index is 0.527. The topological polar surface area (TPSA) is 0 Å². The van der Waals surface area contributed by atoms with E-state index in [1.54, 1.807) is 0 Å². The van der Waals surface area contributed by atoms with E-state index in [-0.39, 0.29) is 0 Å². The Morgan fingerprint density at radius 3 is 2.77 bits per heavy atom. The Morgan fingerprint density at radius 2 is 2.08 bits per heavy atom. The van der Waals surface area contributed by atoms with Gasteiger partial charge in [-0.3, -0.25) is 0 Å². The molecule has 0 N–H and O–H groups in total. The van der Waals surface area contributed by atoms with Crippen molar-refractivity contribution in [3.05, 3.63) is 35.4 Å². The number of benzene rings is 1. The Labute approximate surface area is 92.4 Å². The SMILES string of the molecule is ClCc1ccccc1C#CCCBr. The van der Waals surface area contributed by atoms with Crippen molar-refractivity contribution in [2.45, 2.75) is 12.3 Å². The predicted octanol–water partition coefficient (Wildman–Crippen LogP) is 3.56. The smallest absolute Gasteiger partial charge is 0.0486 e. The first-order valence-electron chi connectivity index (χ1n) is 4.07. The first-order valence-corrected chi connectivity index (χ1v) is 5.72. The second kappa shape index (κ2) is 6.07. The molecule has 0 amide bonds. The van der Waals surface area contributed by atoms with E-state index in [1.807, 2.05) is 24.3 Å². The molecule has 0 saturated heterocycles. The van der Waals surface area contributed by atoms with Crippen LogP contribution >= 0.6 is 27.5 Å². The zero-order valence-electron chi connectivity index (χ0n) is 7.19. The lowest BCUT2D eigenvalue weighted by atomic mass is 10.1. The van der Waals surface area contributed by atoms with Gasteiger partial charge in [-0.05, 0) is 11.6 Å². The van der Waals surface area contributed by atoms with Crippen LogP contribution in [-0.4, -0.2) is 5.33 Å². The molecular weight excluding hydrogens is 247 g/mol. The van der Waals surface area contributed by atoms with Gasteiger partial charge in [0.1, 0.15) is 0 Å². The Kier molecular flexibility index (Phi) is 4.97. The van der Waals surface area contributed by atoms with Gasteiger partial charge < -0.3 is 0 Å². The summed E-state index contributed by atoms with van der Waals surface area (Å²) in [6.45, 7) is 0. The summed E-state index contributed by atoms with van der Waals surface area (Å²) < 4.78 is 0. The summed E-state index contributed by atoms with van der Waals surface area (Å²) >= 11 is 9.10. The molecule has 0 heterocycles. The first-order chi connectivity index (χ1) is 6.38. The van der Waals surface area contributed by atoms with Crippen LogP contribution in [0.3, 0.4) is 0 Å². The molecule has 0 nitrogen and oxygen atoms in total. The van der Waals surface area contributed by atoms with E-state index in [0.29, 0.717) is 5.88 Å². The predicted molar refractivity (Wildman–Crippen MR) is 61.3 cm³/mol. The average molecular weight is 258 g/mol. The fourth-order valence-corrected chi connectivity index (χ4v) is 1.40. The summed E-state index contributed by atoms with van der Waals surface area (Å²) in [5, 5.41) is 0.920. The Bertz CT molecular complexity index is 322. The van der Waals surface area contributed by atoms with Crippen LogP contribution in [0.2, 0.25) is 0 Å². The van der Waals surface area contributed by atoms with E-state index in [0.717, 1.165) is 22.9 Å². The second-order valence-electron chi connectivity index (χ2n) is 2.53. The van der Waals surface area contributed by atoms with Gasteiger partial charge in [-0.25, -0.2) is 0 Å². The third-order valence-corrected chi connectivity index (χ3v) is 2.29. The molecule has 0 unspecified atom stereocenters. The van der Waals surface area contributed by atoms with Crippen molar-refractivity contribution in [2.75, 3.05) is 5.33 Å². The fourth-order valence-electron chi connectivity index (χ4n) is 0.964. The largest absolute Gasteiger partial charge is 0.122 e. The van der Waals surface area contributed by atoms with Gasteiger partial charge >= 0.3 is 0 Å². The van der Waals surface area contributed by atoms with Crippen molar-refractivity contribution < 1.29 is 0 Å². The summed E-state index contributed by atoms with van der Waals surface area (Å²) in [6, 6.07) is 7.96. The summed E-state index contributed by atoms with van der Waals surface area (Å²) in [4.78, 5) is 0. The van der Waals surface area contributed by atoms with Gasteiger partial charge in [-0.2, -0.15) is 0 Å². The van der Waals surface area contributed by atoms with Crippen molar-refractivity contribution >= 4 is 27.5 Å². The lowest BCUT2D eigenvalue weighted by molar-refractivity contribution is 1.31. The maximum atomic E-state index is 5.77. The molecule has 1 rings (SSSR count). The van der Waals surface area contributed by atoms with E-state index >= 15 is 0 Å². The molecule has 0 aliphatic rings. The Hall–Kier alpha value is -0.450. The lowest BCUT2D eigenvalue weighted by Gasteiger charge is -1.97. The Balaban J connectivity index is 2.82. The summed E-state index contributed by atoms with van der Waals surface area (Å²) in [7, 11) is 0. The molecule has 0 fully saturated rings. The van der Waals surface area contributed by atoms with Crippen LogP contribution in [0.5, 0.6) is 0 Å². The average Bonchev–Trinajstić information content (AvgIpc) is 2.19. The van der Waals surface area contributed by atoms with Crippen LogP contribution in [0.25, 0.3) is 0 Å². The third kappa shape index (κ3) is 3.42. The van der Waals surface area contributed by atoms with Crippen LogP contribution in [0.15, 0.2) is 24.3 Å². The van der Waals surface area contributed by atoms with Gasteiger partial charge in [0.05, 0.1) is 0 Å². The molecule has 0 saturated carbocycles. The molecule has 1 aromatic rings. The van der Waals surface area contributed by atoms with Gasteiger partial charge in [-0.15, -0.1) is 11.6 Å². The molecule has 0 atom stereocenters. The molecule has 0 aliphatic heterocycles. The maximum absolute atomic E-state index is 5.77. The Morgan fingerprint density at radius 1 is 1.31 bits per heavy atom. The van der Waals surface area contributed by atoms with Gasteiger partial charge in [0.15, 0.2) is 0 Å². The number of alkyl halides is 2. The summed E-state index contributed by atoms with van der Waals surface area (Å²) in [5.74, 6) is 6.70. The van der Waals surface area contributed by atoms with Crippen molar-refractivity contribution in [1.82, 2.24) is 0 Å². The molecule has 2 heteroatoms. The summed E-state index contributed by atoms with van der Waals surface area (Å²) in [5.41, 5.74) is 2.14. The van der Waals surface area contributed by atoms with Crippen LogP contribution in [0, 0.1) is 11.8 Å². The third-order valence-electron chi connectivity index (χ3n) is 1.60. The van der Waals surface area contributed by atoms with E-state index in [1.165, 1.54) is 0 Å². The zero-order chi connectivity index (χ0) is 9.52. The highest BCUT2D eigenvalue weighted by Gasteiger charge is 1.94. The van der Waals surface area contributed by atoms with Crippen molar-refractivity contribution in [3.8, 4) is 11.8 Å². The van der Waals surface area contributed by atoms with Crippen molar-refractivity contribution in [1.29, 1.82) is 0 Å². The number of hydrogen-bond acceptors (Lipinski definition) is 0. The molecule has 0 radical (unpaired) electrons. The molecule has 0 aromatic heterocycles. The van der Waals surface area contributed by atoms with E-state index < -0.39 is 0 Å². The quantitative estimate of drug-likeness (QED) is 0.561. The maximum Gasteiger partial charge on any atom is 0.0486 e. The standard InChI is InChI=1S/C11H10BrCl/c12-8-4-3-6-10-5-1-2-7-11(10)9-13/h1-2,5,7H,4,8-9H2. The minimum absolute atomic E-state index is 0.527. The van der Waals surface area contributed by atoms with Gasteiger partial charge in [0.25, 0.3) is 0 Å². The highest BCUT2D eigenvalue weighted by Crippen LogP contribution is 2.09. The van der Waals surface area contributed by atoms with Gasteiger partial charge in [0, 0.05) is 23.2 Å². The highest BCUT2D eigenvalue weighted by atomic mass is 79.9. The monoisotopic (exact) mass is 256 g/mol. The van der Waals surface area contributed by atoms with Crippen LogP contribution in [-0.2, 0) is 5.88 Å². The normalized spacial score (nSPS) is 9.08. The minimum Gasteiger partial charge on any atom is -0.122 e. The number of halogens is 2. The first kappa shape index (κ1) is 10.6.